The van der Waals surface area contributed by atoms with Gasteiger partial charge >= 0.3 is 12.2 Å². The zero-order chi connectivity index (χ0) is 35.3. The van der Waals surface area contributed by atoms with E-state index in [-0.39, 0.29) is 65.4 Å². The van der Waals surface area contributed by atoms with Gasteiger partial charge in [-0.1, -0.05) is 60.7 Å². The van der Waals surface area contributed by atoms with Gasteiger partial charge in [0.1, 0.15) is 0 Å². The molecule has 4 aromatic rings. The van der Waals surface area contributed by atoms with E-state index in [0.717, 1.165) is 11.1 Å². The Morgan fingerprint density at radius 3 is 2.14 bits per heavy atom. The van der Waals surface area contributed by atoms with Crippen molar-refractivity contribution in [3.63, 3.8) is 0 Å². The number of fused-ring (bicyclic) bond motifs is 1. The van der Waals surface area contributed by atoms with Gasteiger partial charge in [-0.05, 0) is 11.1 Å². The molecule has 50 heavy (non-hydrogen) atoms. The molecule has 0 spiro atoms. The predicted octanol–water partition coefficient (Wildman–Crippen LogP) is 4.08. The van der Waals surface area contributed by atoms with Gasteiger partial charge in [0.05, 0.1) is 39.3 Å². The summed E-state index contributed by atoms with van der Waals surface area (Å²) in [6.45, 7) is 1.04. The second kappa shape index (κ2) is 15.3. The van der Waals surface area contributed by atoms with Gasteiger partial charge < -0.3 is 23.8 Å². The minimum absolute atomic E-state index is 0.0488. The van der Waals surface area contributed by atoms with Crippen molar-refractivity contribution >= 4 is 5.91 Å². The Kier molecular flexibility index (Phi) is 10.6. The van der Waals surface area contributed by atoms with Crippen LogP contribution >= 0.6 is 0 Å². The number of carbonyl (C=O) groups is 1. The van der Waals surface area contributed by atoms with Crippen LogP contribution in [0.15, 0.2) is 73.1 Å². The highest BCUT2D eigenvalue weighted by Crippen LogP contribution is 2.38. The number of nitrogens with zero attached hydrogens (tertiary/aromatic N) is 7. The van der Waals surface area contributed by atoms with Crippen LogP contribution in [0.4, 0.5) is 13.2 Å². The number of hydrogen-bond acceptors (Lipinski definition) is 11. The average Bonchev–Trinajstić information content (AvgIpc) is 3.14. The van der Waals surface area contributed by atoms with Crippen molar-refractivity contribution < 1.29 is 36.9 Å². The summed E-state index contributed by atoms with van der Waals surface area (Å²) in [6, 6.07) is 20.0. The zero-order valence-electron chi connectivity index (χ0n) is 27.9. The molecule has 4 heterocycles. The number of carbonyl (C=O) groups excluding carboxylic acids is 1. The first-order valence-corrected chi connectivity index (χ1v) is 16.1. The van der Waals surface area contributed by atoms with Crippen molar-refractivity contribution in [2.75, 3.05) is 60.7 Å². The van der Waals surface area contributed by atoms with Gasteiger partial charge in [-0.2, -0.15) is 23.1 Å². The van der Waals surface area contributed by atoms with Crippen LogP contribution in [0.2, 0.25) is 0 Å². The Labute approximate surface area is 287 Å². The first kappa shape index (κ1) is 34.8. The molecule has 1 unspecified atom stereocenters. The third-order valence-corrected chi connectivity index (χ3v) is 8.94. The lowest BCUT2D eigenvalue weighted by molar-refractivity contribution is -0.154. The van der Waals surface area contributed by atoms with Crippen molar-refractivity contribution in [3.8, 4) is 23.7 Å². The molecule has 12 nitrogen and oxygen atoms in total. The van der Waals surface area contributed by atoms with Crippen LogP contribution in [0.3, 0.4) is 0 Å². The van der Waals surface area contributed by atoms with E-state index in [1.807, 2.05) is 36.4 Å². The molecule has 2 fully saturated rings. The molecule has 15 heteroatoms. The van der Waals surface area contributed by atoms with Crippen LogP contribution in [0.25, 0.3) is 0 Å². The molecule has 6 rings (SSSR count). The molecule has 2 saturated heterocycles. The van der Waals surface area contributed by atoms with Gasteiger partial charge in [0, 0.05) is 57.3 Å². The van der Waals surface area contributed by atoms with Crippen molar-refractivity contribution in [2.45, 2.75) is 30.7 Å². The average molecular weight is 694 g/mol. The minimum atomic E-state index is -4.59. The van der Waals surface area contributed by atoms with Gasteiger partial charge in [0.25, 0.3) is 5.91 Å². The van der Waals surface area contributed by atoms with Crippen molar-refractivity contribution in [1.29, 1.82) is 0 Å². The van der Waals surface area contributed by atoms with Gasteiger partial charge in [-0.3, -0.25) is 19.6 Å². The number of piperazine rings is 2. The van der Waals surface area contributed by atoms with Gasteiger partial charge in [-0.25, -0.2) is 4.98 Å². The first-order valence-electron chi connectivity index (χ1n) is 16.1. The second-order valence-electron chi connectivity index (χ2n) is 12.1. The lowest BCUT2D eigenvalue weighted by atomic mass is 9.81. The topological polar surface area (TPSA) is 115 Å². The molecule has 2 atom stereocenters. The predicted molar refractivity (Wildman–Crippen MR) is 175 cm³/mol. The van der Waals surface area contributed by atoms with Crippen molar-refractivity contribution in [1.82, 2.24) is 34.6 Å². The van der Waals surface area contributed by atoms with Crippen LogP contribution in [-0.4, -0.2) is 119 Å². The Hall–Kier alpha value is -5.02. The minimum Gasteiger partial charge on any atom is -0.481 e. The number of hydrogen-bond donors (Lipinski definition) is 0. The third-order valence-electron chi connectivity index (χ3n) is 8.94. The standard InChI is InChI=1S/C35H38F3N7O5/c1-47-29-17-39-16-27(40-29)33(46)44-14-15-45-25(19-44)18-43(20-26-31(48-2)41-34(49-3)42-32(26)50-22-35(36,37)38)21-28(45)30(23-10-6-4-7-11-23)24-12-8-5-9-13-24/h4-13,16-17,25,28,30H,14-15,18-22H2,1-3H3/t25-,28?/m0/s1. The molecule has 0 radical (unpaired) electrons. The number of rotatable bonds is 11. The highest BCUT2D eigenvalue weighted by atomic mass is 19.4. The summed E-state index contributed by atoms with van der Waals surface area (Å²) in [6.07, 6.45) is -1.73. The third kappa shape index (κ3) is 7.89. The fourth-order valence-electron chi connectivity index (χ4n) is 6.80. The number of methoxy groups -OCH3 is 3. The summed E-state index contributed by atoms with van der Waals surface area (Å²) in [7, 11) is 4.16. The molecule has 2 aromatic heterocycles. The first-order chi connectivity index (χ1) is 24.2. The molecule has 0 N–H and O–H groups in total. The summed E-state index contributed by atoms with van der Waals surface area (Å²) < 4.78 is 61.0. The fourth-order valence-corrected chi connectivity index (χ4v) is 6.80. The van der Waals surface area contributed by atoms with Crippen molar-refractivity contribution in [2.24, 2.45) is 0 Å². The fraction of sp³-hybridized carbons (Fsp3) is 0.400. The summed E-state index contributed by atoms with van der Waals surface area (Å²) in [5.74, 6) is -0.312. The Morgan fingerprint density at radius 1 is 0.840 bits per heavy atom. The highest BCUT2D eigenvalue weighted by molar-refractivity contribution is 5.92. The van der Waals surface area contributed by atoms with E-state index in [2.05, 4.69) is 54.0 Å². The van der Waals surface area contributed by atoms with E-state index in [1.165, 1.54) is 33.7 Å². The van der Waals surface area contributed by atoms with Crippen LogP contribution in [0, 0.1) is 0 Å². The normalized spacial score (nSPS) is 18.4. The van der Waals surface area contributed by atoms with E-state index in [0.29, 0.717) is 32.7 Å². The maximum atomic E-state index is 13.7. The molecule has 2 aromatic carbocycles. The second-order valence-corrected chi connectivity index (χ2v) is 12.1. The maximum absolute atomic E-state index is 13.7. The van der Waals surface area contributed by atoms with E-state index in [9.17, 15) is 18.0 Å². The quantitative estimate of drug-likeness (QED) is 0.227. The van der Waals surface area contributed by atoms with Crippen molar-refractivity contribution in [3.05, 3.63) is 95.4 Å². The maximum Gasteiger partial charge on any atom is 0.422 e. The van der Waals surface area contributed by atoms with Crippen LogP contribution in [0.1, 0.15) is 33.1 Å². The summed E-state index contributed by atoms with van der Waals surface area (Å²) in [5, 5.41) is 0. The Balaban J connectivity index is 1.37. The molecule has 264 valence electrons. The Bertz CT molecular complexity index is 1710. The lowest BCUT2D eigenvalue weighted by Crippen LogP contribution is -2.67. The van der Waals surface area contributed by atoms with Crippen LogP contribution < -0.4 is 18.9 Å². The smallest absolute Gasteiger partial charge is 0.422 e. The molecule has 0 bridgehead atoms. The number of aromatic nitrogens is 4. The highest BCUT2D eigenvalue weighted by Gasteiger charge is 2.44. The summed E-state index contributed by atoms with van der Waals surface area (Å²) in [5.41, 5.74) is 2.68. The largest absolute Gasteiger partial charge is 0.481 e. The number of alkyl halides is 3. The monoisotopic (exact) mass is 693 g/mol. The number of ether oxygens (including phenoxy) is 4. The van der Waals surface area contributed by atoms with E-state index in [1.54, 1.807) is 4.90 Å². The van der Waals surface area contributed by atoms with Gasteiger partial charge in [0.2, 0.25) is 17.6 Å². The van der Waals surface area contributed by atoms with Gasteiger partial charge in [0.15, 0.2) is 12.3 Å². The Morgan fingerprint density at radius 2 is 1.52 bits per heavy atom. The summed E-state index contributed by atoms with van der Waals surface area (Å²) in [4.78, 5) is 36.9. The lowest BCUT2D eigenvalue weighted by Gasteiger charge is -2.53. The van der Waals surface area contributed by atoms with E-state index >= 15 is 0 Å². The van der Waals surface area contributed by atoms with Gasteiger partial charge in [-0.15, -0.1) is 0 Å². The molecule has 2 aliphatic heterocycles. The van der Waals surface area contributed by atoms with E-state index < -0.39 is 12.8 Å². The zero-order valence-corrected chi connectivity index (χ0v) is 27.9. The van der Waals surface area contributed by atoms with E-state index in [4.69, 9.17) is 18.9 Å². The number of amides is 1. The van der Waals surface area contributed by atoms with Crippen LogP contribution in [-0.2, 0) is 6.54 Å². The van der Waals surface area contributed by atoms with Crippen LogP contribution in [0.5, 0.6) is 23.7 Å². The SMILES string of the molecule is COc1cncc(C(=O)N2CCN3C(C(c4ccccc4)c4ccccc4)CN(Cc4c(OC)nc(OC)nc4OCC(F)(F)F)C[C@H]3C2)n1. The molecule has 2 aliphatic rings. The molecule has 0 aliphatic carbocycles. The molecular formula is C35H38F3N7O5. The summed E-state index contributed by atoms with van der Waals surface area (Å²) >= 11 is 0. The number of halogens is 3. The number of benzene rings is 2. The molecule has 0 saturated carbocycles. The molecular weight excluding hydrogens is 655 g/mol. The molecule has 1 amide bonds.